The first-order valence-electron chi connectivity index (χ1n) is 11.2. The van der Waals surface area contributed by atoms with E-state index >= 15 is 0 Å². The zero-order valence-corrected chi connectivity index (χ0v) is 17.1. The summed E-state index contributed by atoms with van der Waals surface area (Å²) in [4.78, 5) is 15.5. The van der Waals surface area contributed by atoms with Gasteiger partial charge >= 0.3 is 0 Å². The Morgan fingerprint density at radius 3 is 2.72 bits per heavy atom. The van der Waals surface area contributed by atoms with Gasteiger partial charge in [0.1, 0.15) is 0 Å². The first-order valence-corrected chi connectivity index (χ1v) is 11.2. The topological polar surface area (TPSA) is 32.3 Å². The van der Waals surface area contributed by atoms with Gasteiger partial charge in [0.15, 0.2) is 0 Å². The highest BCUT2D eigenvalue weighted by atomic mass is 16.2. The van der Waals surface area contributed by atoms with Gasteiger partial charge in [-0.25, -0.2) is 0 Å². The van der Waals surface area contributed by atoms with Crippen LogP contribution in [0.3, 0.4) is 0 Å². The summed E-state index contributed by atoms with van der Waals surface area (Å²) in [5, 5.41) is 3.17. The molecule has 2 heterocycles. The quantitative estimate of drug-likeness (QED) is 0.695. The number of nitrogens with one attached hydrogen (secondary N) is 1. The van der Waals surface area contributed by atoms with E-state index in [9.17, 15) is 4.79 Å². The molecule has 0 fully saturated rings. The second-order valence-corrected chi connectivity index (χ2v) is 8.83. The first-order chi connectivity index (χ1) is 14.3. The Hall–Kier alpha value is -2.39. The predicted octanol–water partition coefficient (Wildman–Crippen LogP) is 5.17. The van der Waals surface area contributed by atoms with Crippen LogP contribution >= 0.6 is 0 Å². The highest BCUT2D eigenvalue weighted by Gasteiger charge is 2.48. The van der Waals surface area contributed by atoms with E-state index in [1.165, 1.54) is 28.7 Å². The maximum absolute atomic E-state index is 12.9. The molecule has 1 atom stereocenters. The highest BCUT2D eigenvalue weighted by Crippen LogP contribution is 2.49. The van der Waals surface area contributed by atoms with Crippen LogP contribution in [-0.2, 0) is 16.6 Å². The van der Waals surface area contributed by atoms with Crippen molar-refractivity contribution in [3.05, 3.63) is 71.3 Å². The first kappa shape index (κ1) is 18.6. The number of hydrogen-bond donors (Lipinski definition) is 1. The van der Waals surface area contributed by atoms with Crippen LogP contribution in [0.2, 0.25) is 0 Å². The summed E-state index contributed by atoms with van der Waals surface area (Å²) < 4.78 is 0. The Morgan fingerprint density at radius 1 is 1.00 bits per heavy atom. The molecule has 0 radical (unpaired) electrons. The summed E-state index contributed by atoms with van der Waals surface area (Å²) in [6.07, 6.45) is 10.1. The molecule has 2 aliphatic heterocycles. The van der Waals surface area contributed by atoms with Gasteiger partial charge in [-0.3, -0.25) is 9.69 Å². The molecule has 1 N–H and O–H groups in total. The van der Waals surface area contributed by atoms with E-state index in [4.69, 9.17) is 0 Å². The molecule has 3 aliphatic rings. The molecule has 2 aromatic rings. The minimum absolute atomic E-state index is 0.244. The maximum atomic E-state index is 12.9. The van der Waals surface area contributed by atoms with Crippen LogP contribution in [0.5, 0.6) is 0 Å². The summed E-state index contributed by atoms with van der Waals surface area (Å²) >= 11 is 0. The minimum Gasteiger partial charge on any atom is -0.325 e. The molecule has 3 heteroatoms. The van der Waals surface area contributed by atoms with Gasteiger partial charge in [0, 0.05) is 18.8 Å². The van der Waals surface area contributed by atoms with E-state index in [0.29, 0.717) is 0 Å². The molecule has 5 rings (SSSR count). The van der Waals surface area contributed by atoms with Gasteiger partial charge in [-0.05, 0) is 73.4 Å². The number of rotatable bonds is 6. The Labute approximate surface area is 173 Å². The Balaban J connectivity index is 1.17. The van der Waals surface area contributed by atoms with E-state index < -0.39 is 0 Å². The summed E-state index contributed by atoms with van der Waals surface area (Å²) in [7, 11) is 0. The molecule has 150 valence electrons. The third kappa shape index (κ3) is 3.42. The number of hydrogen-bond acceptors (Lipinski definition) is 2. The smallest absolute Gasteiger partial charge is 0.235 e. The lowest BCUT2D eigenvalue weighted by atomic mass is 9.68. The van der Waals surface area contributed by atoms with Crippen molar-refractivity contribution in [2.45, 2.75) is 50.4 Å². The second kappa shape index (κ2) is 7.79. The number of carbonyl (C=O) groups is 1. The van der Waals surface area contributed by atoms with E-state index in [-0.39, 0.29) is 11.3 Å². The fraction of sp³-hybridized carbons (Fsp3) is 0.423. The molecule has 2 aromatic carbocycles. The van der Waals surface area contributed by atoms with Crippen molar-refractivity contribution in [1.29, 1.82) is 0 Å². The Bertz CT molecular complexity index is 933. The Morgan fingerprint density at radius 2 is 1.90 bits per heavy atom. The van der Waals surface area contributed by atoms with Gasteiger partial charge in [0.2, 0.25) is 5.91 Å². The van der Waals surface area contributed by atoms with Gasteiger partial charge in [0.05, 0.1) is 5.41 Å². The van der Waals surface area contributed by atoms with Crippen LogP contribution < -0.4 is 5.32 Å². The lowest BCUT2D eigenvalue weighted by Crippen LogP contribution is -2.37. The van der Waals surface area contributed by atoms with Gasteiger partial charge in [-0.15, -0.1) is 0 Å². The molecule has 1 amide bonds. The van der Waals surface area contributed by atoms with E-state index in [0.717, 1.165) is 63.8 Å². The molecule has 1 aliphatic carbocycles. The van der Waals surface area contributed by atoms with Gasteiger partial charge < -0.3 is 5.32 Å². The van der Waals surface area contributed by atoms with Gasteiger partial charge in [-0.2, -0.15) is 0 Å². The van der Waals surface area contributed by atoms with Crippen LogP contribution in [0.25, 0.3) is 5.57 Å². The lowest BCUT2D eigenvalue weighted by molar-refractivity contribution is -0.121. The third-order valence-electron chi connectivity index (χ3n) is 7.13. The summed E-state index contributed by atoms with van der Waals surface area (Å²) in [5.41, 5.74) is 6.38. The van der Waals surface area contributed by atoms with E-state index in [2.05, 4.69) is 64.8 Å². The molecule has 3 nitrogen and oxygen atoms in total. The number of unbranched alkanes of at least 4 members (excludes halogenated alkanes) is 1. The minimum atomic E-state index is -0.257. The summed E-state index contributed by atoms with van der Waals surface area (Å²) in [6, 6.07) is 17.1. The van der Waals surface area contributed by atoms with Gasteiger partial charge in [-0.1, -0.05) is 55.0 Å². The average Bonchev–Trinajstić information content (AvgIpc) is 3.06. The number of carbonyl (C=O) groups excluding carboxylic acids is 1. The van der Waals surface area contributed by atoms with Crippen LogP contribution in [0.4, 0.5) is 5.69 Å². The summed E-state index contributed by atoms with van der Waals surface area (Å²) in [5.74, 6) is 0.244. The number of amides is 1. The second-order valence-electron chi connectivity index (χ2n) is 8.83. The molecule has 0 saturated carbocycles. The molecular formula is C26H30N2O. The SMILES string of the molecule is O=C1Nc2cccc3c2C1(CCCCN1CC=C(c2ccccc2)CC1)CCC3. The molecule has 0 saturated heterocycles. The molecular weight excluding hydrogens is 356 g/mol. The normalized spacial score (nSPS) is 23.4. The molecule has 0 aromatic heterocycles. The summed E-state index contributed by atoms with van der Waals surface area (Å²) in [6.45, 7) is 3.31. The van der Waals surface area contributed by atoms with Crippen molar-refractivity contribution in [3.63, 3.8) is 0 Å². The van der Waals surface area contributed by atoms with Crippen molar-refractivity contribution >= 4 is 17.2 Å². The van der Waals surface area contributed by atoms with Crippen molar-refractivity contribution in [2.75, 3.05) is 25.0 Å². The van der Waals surface area contributed by atoms with E-state index in [1.54, 1.807) is 0 Å². The number of anilines is 1. The number of nitrogens with zero attached hydrogens (tertiary/aromatic N) is 1. The number of benzene rings is 2. The fourth-order valence-corrected chi connectivity index (χ4v) is 5.61. The molecule has 0 spiro atoms. The van der Waals surface area contributed by atoms with Crippen LogP contribution in [0.1, 0.15) is 55.2 Å². The average molecular weight is 387 g/mol. The van der Waals surface area contributed by atoms with Crippen molar-refractivity contribution < 1.29 is 4.79 Å². The zero-order chi connectivity index (χ0) is 19.7. The highest BCUT2D eigenvalue weighted by molar-refractivity contribution is 6.07. The Kier molecular flexibility index (Phi) is 5.01. The third-order valence-corrected chi connectivity index (χ3v) is 7.13. The maximum Gasteiger partial charge on any atom is 0.235 e. The fourth-order valence-electron chi connectivity index (χ4n) is 5.61. The number of aryl methyl sites for hydroxylation is 1. The van der Waals surface area contributed by atoms with Crippen LogP contribution in [0, 0.1) is 0 Å². The van der Waals surface area contributed by atoms with Gasteiger partial charge in [0.25, 0.3) is 0 Å². The molecule has 1 unspecified atom stereocenters. The predicted molar refractivity (Wildman–Crippen MR) is 119 cm³/mol. The van der Waals surface area contributed by atoms with Crippen LogP contribution in [0.15, 0.2) is 54.6 Å². The monoisotopic (exact) mass is 386 g/mol. The van der Waals surface area contributed by atoms with Crippen molar-refractivity contribution in [1.82, 2.24) is 4.90 Å². The van der Waals surface area contributed by atoms with E-state index in [1.807, 2.05) is 0 Å². The largest absolute Gasteiger partial charge is 0.325 e. The zero-order valence-electron chi connectivity index (χ0n) is 17.1. The molecule has 0 bridgehead atoms. The molecule has 29 heavy (non-hydrogen) atoms. The van der Waals surface area contributed by atoms with Crippen molar-refractivity contribution in [3.8, 4) is 0 Å². The van der Waals surface area contributed by atoms with Crippen LogP contribution in [-0.4, -0.2) is 30.4 Å². The lowest BCUT2D eigenvalue weighted by Gasteiger charge is -2.33. The van der Waals surface area contributed by atoms with Crippen molar-refractivity contribution in [2.24, 2.45) is 0 Å². The standard InChI is InChI=1S/C26H30N2O/c29-25-26(16-7-11-22-10-6-12-23(27-25)24(22)26)15-4-5-17-28-18-13-21(14-19-28)20-8-2-1-3-9-20/h1-3,6,8-10,12-13H,4-5,7,11,14-19H2,(H,27,29).